The van der Waals surface area contributed by atoms with Gasteiger partial charge in [0.1, 0.15) is 5.69 Å². The van der Waals surface area contributed by atoms with Gasteiger partial charge in [-0.3, -0.25) is 4.79 Å². The van der Waals surface area contributed by atoms with Crippen molar-refractivity contribution in [2.45, 2.75) is 44.8 Å². The van der Waals surface area contributed by atoms with Gasteiger partial charge in [-0.15, -0.1) is 15.0 Å². The van der Waals surface area contributed by atoms with Crippen molar-refractivity contribution in [1.82, 2.24) is 35.3 Å². The van der Waals surface area contributed by atoms with E-state index in [2.05, 4.69) is 25.8 Å². The summed E-state index contributed by atoms with van der Waals surface area (Å²) in [6, 6.07) is 11.8. The third-order valence-corrected chi connectivity index (χ3v) is 7.15. The predicted molar refractivity (Wildman–Crippen MR) is 109 cm³/mol. The van der Waals surface area contributed by atoms with Crippen LogP contribution in [0.15, 0.2) is 42.6 Å². The number of amides is 1. The fourth-order valence-electron chi connectivity index (χ4n) is 6.08. The molecule has 154 valence electrons. The lowest BCUT2D eigenvalue weighted by Crippen LogP contribution is -2.55. The van der Waals surface area contributed by atoms with Gasteiger partial charge < -0.3 is 5.32 Å². The molecule has 4 fully saturated rings. The summed E-state index contributed by atoms with van der Waals surface area (Å²) in [5.74, 6) is 3.61. The number of benzene rings is 1. The van der Waals surface area contributed by atoms with Crippen LogP contribution in [-0.2, 0) is 6.67 Å². The molecule has 2 aromatic heterocycles. The summed E-state index contributed by atoms with van der Waals surface area (Å²) in [4.78, 5) is 14.3. The van der Waals surface area contributed by atoms with Gasteiger partial charge >= 0.3 is 0 Å². The first-order valence-corrected chi connectivity index (χ1v) is 10.9. The zero-order valence-corrected chi connectivity index (χ0v) is 16.8. The van der Waals surface area contributed by atoms with Crippen molar-refractivity contribution in [2.24, 2.45) is 23.7 Å². The van der Waals surface area contributed by atoms with Crippen molar-refractivity contribution in [3.63, 3.8) is 0 Å². The van der Waals surface area contributed by atoms with E-state index in [4.69, 9.17) is 0 Å². The van der Waals surface area contributed by atoms with Crippen LogP contribution in [-0.4, -0.2) is 41.9 Å². The summed E-state index contributed by atoms with van der Waals surface area (Å²) in [6.07, 6.45) is 8.35. The third-order valence-electron chi connectivity index (χ3n) is 7.15. The normalized spacial score (nSPS) is 29.3. The Kier molecular flexibility index (Phi) is 4.17. The van der Waals surface area contributed by atoms with E-state index < -0.39 is 0 Å². The fourth-order valence-corrected chi connectivity index (χ4v) is 6.08. The Morgan fingerprint density at radius 1 is 0.967 bits per heavy atom. The minimum absolute atomic E-state index is 0.0669. The molecule has 4 aliphatic carbocycles. The molecular weight excluding hydrogens is 378 g/mol. The van der Waals surface area contributed by atoms with E-state index in [-0.39, 0.29) is 5.91 Å². The van der Waals surface area contributed by atoms with Gasteiger partial charge in [-0.05, 0) is 67.1 Å². The van der Waals surface area contributed by atoms with Crippen molar-refractivity contribution in [1.29, 1.82) is 0 Å². The van der Waals surface area contributed by atoms with Gasteiger partial charge in [0.2, 0.25) is 5.82 Å². The highest BCUT2D eigenvalue weighted by molar-refractivity contribution is 5.92. The van der Waals surface area contributed by atoms with Crippen LogP contribution in [0.5, 0.6) is 0 Å². The van der Waals surface area contributed by atoms with Crippen molar-refractivity contribution in [2.75, 3.05) is 0 Å². The third kappa shape index (κ3) is 3.20. The van der Waals surface area contributed by atoms with Gasteiger partial charge in [0, 0.05) is 17.8 Å². The standard InChI is InChI=1S/C22H25N7O/c30-22(23-20-17-9-14-8-15(11-17)12-18(20)10-14)19-6-7-28(25-19)13-29-26-21(24-27-29)16-4-2-1-3-5-16/h1-7,14-15,17-18,20H,8-13H2,(H,23,30). The molecule has 8 nitrogen and oxygen atoms in total. The van der Waals surface area contributed by atoms with Gasteiger partial charge in [0.15, 0.2) is 6.67 Å². The molecule has 0 aliphatic heterocycles. The molecule has 1 amide bonds. The highest BCUT2D eigenvalue weighted by Crippen LogP contribution is 2.53. The van der Waals surface area contributed by atoms with Crippen LogP contribution in [0.1, 0.15) is 42.6 Å². The Bertz CT molecular complexity index is 1030. The maximum absolute atomic E-state index is 12.9. The molecular formula is C22H25N7O. The molecule has 4 aliphatic rings. The van der Waals surface area contributed by atoms with E-state index in [1.54, 1.807) is 16.9 Å². The Morgan fingerprint density at radius 2 is 1.70 bits per heavy atom. The molecule has 1 aromatic carbocycles. The van der Waals surface area contributed by atoms with Crippen LogP contribution in [0.25, 0.3) is 11.4 Å². The zero-order chi connectivity index (χ0) is 20.1. The monoisotopic (exact) mass is 403 g/mol. The summed E-state index contributed by atoms with van der Waals surface area (Å²) in [5, 5.41) is 20.4. The number of tetrazole rings is 1. The summed E-state index contributed by atoms with van der Waals surface area (Å²) in [5.41, 5.74) is 1.37. The van der Waals surface area contributed by atoms with Crippen LogP contribution in [0, 0.1) is 23.7 Å². The van der Waals surface area contributed by atoms with Gasteiger partial charge in [-0.1, -0.05) is 30.3 Å². The van der Waals surface area contributed by atoms with Crippen molar-refractivity contribution in [3.05, 3.63) is 48.3 Å². The molecule has 0 unspecified atom stereocenters. The first-order valence-electron chi connectivity index (χ1n) is 10.9. The van der Waals surface area contributed by atoms with Gasteiger partial charge in [-0.25, -0.2) is 4.68 Å². The van der Waals surface area contributed by atoms with E-state index in [9.17, 15) is 4.79 Å². The maximum Gasteiger partial charge on any atom is 0.272 e. The molecule has 7 rings (SSSR count). The number of nitrogens with one attached hydrogen (secondary N) is 1. The molecule has 30 heavy (non-hydrogen) atoms. The van der Waals surface area contributed by atoms with E-state index in [0.29, 0.717) is 36.1 Å². The van der Waals surface area contributed by atoms with Crippen molar-refractivity contribution < 1.29 is 4.79 Å². The minimum Gasteiger partial charge on any atom is -0.347 e. The fraction of sp³-hybridized carbons (Fsp3) is 0.500. The topological polar surface area (TPSA) is 90.5 Å². The maximum atomic E-state index is 12.9. The number of hydrogen-bond donors (Lipinski definition) is 1. The average Bonchev–Trinajstić information content (AvgIpc) is 3.41. The highest BCUT2D eigenvalue weighted by Gasteiger charge is 2.48. The van der Waals surface area contributed by atoms with Crippen LogP contribution in [0.3, 0.4) is 0 Å². The second-order valence-corrected chi connectivity index (χ2v) is 9.16. The molecule has 0 radical (unpaired) electrons. The number of carbonyl (C=O) groups excluding carboxylic acids is 1. The van der Waals surface area contributed by atoms with Crippen molar-refractivity contribution in [3.8, 4) is 11.4 Å². The Balaban J connectivity index is 1.12. The molecule has 4 bridgehead atoms. The number of carbonyl (C=O) groups is 1. The van der Waals surface area contributed by atoms with Crippen LogP contribution in [0.4, 0.5) is 0 Å². The molecule has 8 heteroatoms. The lowest BCUT2D eigenvalue weighted by atomic mass is 9.54. The minimum atomic E-state index is -0.0669. The second kappa shape index (κ2) is 7.04. The Hall–Kier alpha value is -3.03. The Labute approximate surface area is 174 Å². The number of rotatable bonds is 5. The average molecular weight is 403 g/mol. The lowest BCUT2D eigenvalue weighted by molar-refractivity contribution is -0.0120. The summed E-state index contributed by atoms with van der Waals surface area (Å²) < 4.78 is 1.67. The van der Waals surface area contributed by atoms with E-state index in [1.807, 2.05) is 30.3 Å². The first kappa shape index (κ1) is 17.8. The number of aromatic nitrogens is 6. The first-order chi connectivity index (χ1) is 14.7. The molecule has 3 aromatic rings. The second-order valence-electron chi connectivity index (χ2n) is 9.16. The number of nitrogens with zero attached hydrogens (tertiary/aromatic N) is 6. The van der Waals surface area contributed by atoms with Gasteiger partial charge in [0.25, 0.3) is 5.91 Å². The molecule has 0 spiro atoms. The van der Waals surface area contributed by atoms with Crippen molar-refractivity contribution >= 4 is 5.91 Å². The largest absolute Gasteiger partial charge is 0.347 e. The van der Waals surface area contributed by atoms with E-state index >= 15 is 0 Å². The molecule has 1 N–H and O–H groups in total. The highest BCUT2D eigenvalue weighted by atomic mass is 16.2. The zero-order valence-electron chi connectivity index (χ0n) is 16.8. The summed E-state index contributed by atoms with van der Waals surface area (Å²) in [6.45, 7) is 0.311. The van der Waals surface area contributed by atoms with E-state index in [1.165, 1.54) is 36.9 Å². The van der Waals surface area contributed by atoms with Crippen LogP contribution < -0.4 is 5.32 Å². The SMILES string of the molecule is O=C(NC1C2CC3CC(C2)CC1C3)c1ccn(Cn2nnc(-c3ccccc3)n2)n1. The molecule has 0 saturated heterocycles. The smallest absolute Gasteiger partial charge is 0.272 e. The molecule has 0 atom stereocenters. The molecule has 4 saturated carbocycles. The quantitative estimate of drug-likeness (QED) is 0.707. The van der Waals surface area contributed by atoms with Crippen LogP contribution >= 0.6 is 0 Å². The summed E-state index contributed by atoms with van der Waals surface area (Å²) >= 11 is 0. The molecule has 2 heterocycles. The van der Waals surface area contributed by atoms with Gasteiger partial charge in [-0.2, -0.15) is 5.10 Å². The van der Waals surface area contributed by atoms with Gasteiger partial charge in [0.05, 0.1) is 0 Å². The summed E-state index contributed by atoms with van der Waals surface area (Å²) in [7, 11) is 0. The lowest BCUT2D eigenvalue weighted by Gasteiger charge is -2.54. The number of hydrogen-bond acceptors (Lipinski definition) is 5. The Morgan fingerprint density at radius 3 is 2.43 bits per heavy atom. The van der Waals surface area contributed by atoms with Crippen LogP contribution in [0.2, 0.25) is 0 Å². The van der Waals surface area contributed by atoms with E-state index in [0.717, 1.165) is 17.4 Å². The predicted octanol–water partition coefficient (Wildman–Crippen LogP) is 2.60.